The molecule has 0 aromatic heterocycles. The van der Waals surface area contributed by atoms with E-state index in [2.05, 4.69) is 4.99 Å². The van der Waals surface area contributed by atoms with Gasteiger partial charge in [0.25, 0.3) is 0 Å². The molecule has 3 rings (SSSR count). The molecule has 0 aliphatic carbocycles. The molecule has 138 valence electrons. The minimum absolute atomic E-state index is 0.0905. The molecule has 0 spiro atoms. The first-order valence-corrected chi connectivity index (χ1v) is 7.49. The van der Waals surface area contributed by atoms with Gasteiger partial charge < -0.3 is 10.1 Å². The summed E-state index contributed by atoms with van der Waals surface area (Å²) in [6, 6.07) is 10.7. The molecule has 2 aromatic rings. The van der Waals surface area contributed by atoms with E-state index in [-0.39, 0.29) is 22.8 Å². The van der Waals surface area contributed by atoms with Gasteiger partial charge in [0.1, 0.15) is 5.82 Å². The molecule has 2 aromatic carbocycles. The van der Waals surface area contributed by atoms with Crippen molar-refractivity contribution < 1.29 is 31.9 Å². The van der Waals surface area contributed by atoms with E-state index < -0.39 is 23.9 Å². The first kappa shape index (κ1) is 18.3. The van der Waals surface area contributed by atoms with E-state index >= 15 is 0 Å². The number of nitrogens with zero attached hydrogens (tertiary/aromatic N) is 1. The van der Waals surface area contributed by atoms with E-state index in [0.717, 1.165) is 6.07 Å². The second-order valence-corrected chi connectivity index (χ2v) is 5.42. The number of rotatable bonds is 3. The number of benzene rings is 2. The highest BCUT2D eigenvalue weighted by Gasteiger charge is 2.38. The van der Waals surface area contributed by atoms with Crippen LogP contribution in [0.1, 0.15) is 11.1 Å². The zero-order chi connectivity index (χ0) is 19.6. The van der Waals surface area contributed by atoms with Crippen molar-refractivity contribution in [1.29, 1.82) is 0 Å². The summed E-state index contributed by atoms with van der Waals surface area (Å²) in [5.41, 5.74) is 0.352. The summed E-state index contributed by atoms with van der Waals surface area (Å²) in [5, 5.41) is 1.71. The van der Waals surface area contributed by atoms with Crippen molar-refractivity contribution in [2.45, 2.75) is 6.18 Å². The maximum absolute atomic E-state index is 13.3. The average Bonchev–Trinajstić information content (AvgIpc) is 2.95. The summed E-state index contributed by atoms with van der Waals surface area (Å²) < 4.78 is 55.2. The molecule has 0 bridgehead atoms. The van der Waals surface area contributed by atoms with E-state index in [4.69, 9.17) is 4.74 Å². The molecule has 9 heteroatoms. The normalized spacial score (nSPS) is 15.5. The molecule has 1 aliphatic heterocycles. The van der Waals surface area contributed by atoms with Gasteiger partial charge in [0, 0.05) is 11.3 Å². The molecule has 1 aliphatic rings. The standard InChI is InChI=1S/C18H10F4N2O3/c19-12-5-2-4-11(9-12)15-24-14(16(25)27-15)8-10-3-1-6-13(7-10)23-17(26)18(20,21)22/h1-9H,(H,23,26). The number of anilines is 1. The lowest BCUT2D eigenvalue weighted by Crippen LogP contribution is -2.29. The number of carbonyl (C=O) groups excluding carboxylic acids is 2. The van der Waals surface area contributed by atoms with E-state index in [1.54, 1.807) is 5.32 Å². The largest absolute Gasteiger partial charge is 0.471 e. The summed E-state index contributed by atoms with van der Waals surface area (Å²) in [4.78, 5) is 26.9. The number of hydrogen-bond donors (Lipinski definition) is 1. The van der Waals surface area contributed by atoms with Crippen LogP contribution in [0.5, 0.6) is 0 Å². The Morgan fingerprint density at radius 3 is 2.56 bits per heavy atom. The summed E-state index contributed by atoms with van der Waals surface area (Å²) >= 11 is 0. The lowest BCUT2D eigenvalue weighted by Gasteiger charge is -2.08. The van der Waals surface area contributed by atoms with Crippen LogP contribution in [0.4, 0.5) is 23.2 Å². The molecule has 0 radical (unpaired) electrons. The number of esters is 1. The van der Waals surface area contributed by atoms with Crippen LogP contribution in [0.15, 0.2) is 59.2 Å². The third-order valence-electron chi connectivity index (χ3n) is 3.40. The lowest BCUT2D eigenvalue weighted by molar-refractivity contribution is -0.167. The van der Waals surface area contributed by atoms with E-state index in [9.17, 15) is 27.2 Å². The molecule has 0 saturated heterocycles. The first-order chi connectivity index (χ1) is 12.7. The van der Waals surface area contributed by atoms with Crippen molar-refractivity contribution >= 4 is 29.5 Å². The fraction of sp³-hybridized carbons (Fsp3) is 0.0556. The summed E-state index contributed by atoms with van der Waals surface area (Å²) in [6.07, 6.45) is -3.74. The monoisotopic (exact) mass is 378 g/mol. The van der Waals surface area contributed by atoms with Gasteiger partial charge in [-0.2, -0.15) is 13.2 Å². The number of cyclic esters (lactones) is 1. The molecule has 1 heterocycles. The molecule has 5 nitrogen and oxygen atoms in total. The molecule has 0 saturated carbocycles. The van der Waals surface area contributed by atoms with E-state index in [0.29, 0.717) is 5.56 Å². The van der Waals surface area contributed by atoms with Gasteiger partial charge in [0.05, 0.1) is 0 Å². The molecule has 0 fully saturated rings. The van der Waals surface area contributed by atoms with Gasteiger partial charge in [-0.15, -0.1) is 0 Å². The third kappa shape index (κ3) is 4.38. The maximum Gasteiger partial charge on any atom is 0.471 e. The second-order valence-electron chi connectivity index (χ2n) is 5.42. The van der Waals surface area contributed by atoms with E-state index in [1.165, 1.54) is 48.5 Å². The van der Waals surface area contributed by atoms with Crippen molar-refractivity contribution in [3.05, 3.63) is 71.2 Å². The Labute approximate surface area is 150 Å². The number of carbonyl (C=O) groups is 2. The van der Waals surface area contributed by atoms with Gasteiger partial charge >= 0.3 is 18.1 Å². The van der Waals surface area contributed by atoms with Crippen LogP contribution in [-0.4, -0.2) is 24.0 Å². The molecule has 27 heavy (non-hydrogen) atoms. The Balaban J connectivity index is 1.85. The highest BCUT2D eigenvalue weighted by atomic mass is 19.4. The van der Waals surface area contributed by atoms with Gasteiger partial charge in [0.2, 0.25) is 5.90 Å². The van der Waals surface area contributed by atoms with Crippen LogP contribution >= 0.6 is 0 Å². The average molecular weight is 378 g/mol. The van der Waals surface area contributed by atoms with Crippen LogP contribution in [0.2, 0.25) is 0 Å². The van der Waals surface area contributed by atoms with Crippen molar-refractivity contribution in [2.75, 3.05) is 5.32 Å². The van der Waals surface area contributed by atoms with Gasteiger partial charge in [-0.25, -0.2) is 14.2 Å². The van der Waals surface area contributed by atoms with Crippen molar-refractivity contribution in [1.82, 2.24) is 0 Å². The minimum Gasteiger partial charge on any atom is -0.402 e. The number of ether oxygens (including phenoxy) is 1. The van der Waals surface area contributed by atoms with Gasteiger partial charge in [0.15, 0.2) is 5.70 Å². The van der Waals surface area contributed by atoms with Gasteiger partial charge in [-0.3, -0.25) is 4.79 Å². The SMILES string of the molecule is O=C1OC(c2cccc(F)c2)=NC1=Cc1cccc(NC(=O)C(F)(F)F)c1. The quantitative estimate of drug-likeness (QED) is 0.503. The molecule has 0 unspecified atom stereocenters. The Morgan fingerprint density at radius 1 is 1.11 bits per heavy atom. The zero-order valence-electron chi connectivity index (χ0n) is 13.4. The van der Waals surface area contributed by atoms with Crippen LogP contribution in [-0.2, 0) is 14.3 Å². The number of hydrogen-bond acceptors (Lipinski definition) is 4. The fourth-order valence-electron chi connectivity index (χ4n) is 2.22. The predicted octanol–water partition coefficient (Wildman–Crippen LogP) is 3.67. The van der Waals surface area contributed by atoms with Gasteiger partial charge in [-0.1, -0.05) is 18.2 Å². The number of nitrogens with one attached hydrogen (secondary N) is 1. The molecule has 1 N–H and O–H groups in total. The molecule has 0 atom stereocenters. The number of amides is 1. The highest BCUT2D eigenvalue weighted by Crippen LogP contribution is 2.22. The Morgan fingerprint density at radius 2 is 1.85 bits per heavy atom. The summed E-state index contributed by atoms with van der Waals surface area (Å²) in [5.74, 6) is -3.53. The minimum atomic E-state index is -5.02. The zero-order valence-corrected chi connectivity index (χ0v) is 13.4. The number of alkyl halides is 3. The van der Waals surface area contributed by atoms with Crippen molar-refractivity contribution in [2.24, 2.45) is 4.99 Å². The van der Waals surface area contributed by atoms with Gasteiger partial charge in [-0.05, 0) is 42.0 Å². The number of halogens is 4. The molecular formula is C18H10F4N2O3. The van der Waals surface area contributed by atoms with Crippen molar-refractivity contribution in [3.63, 3.8) is 0 Å². The molecular weight excluding hydrogens is 368 g/mol. The smallest absolute Gasteiger partial charge is 0.402 e. The summed E-state index contributed by atoms with van der Waals surface area (Å²) in [7, 11) is 0. The van der Waals surface area contributed by atoms with E-state index in [1.807, 2.05) is 0 Å². The van der Waals surface area contributed by atoms with Crippen LogP contribution in [0, 0.1) is 5.82 Å². The Bertz CT molecular complexity index is 981. The lowest BCUT2D eigenvalue weighted by atomic mass is 10.1. The first-order valence-electron chi connectivity index (χ1n) is 7.49. The highest BCUT2D eigenvalue weighted by molar-refractivity contribution is 6.12. The van der Waals surface area contributed by atoms with Crippen molar-refractivity contribution in [3.8, 4) is 0 Å². The molecule has 1 amide bonds. The maximum atomic E-state index is 13.3. The fourth-order valence-corrected chi connectivity index (χ4v) is 2.22. The van der Waals surface area contributed by atoms with Crippen LogP contribution in [0.25, 0.3) is 6.08 Å². The third-order valence-corrected chi connectivity index (χ3v) is 3.40. The Hall–Kier alpha value is -3.49. The van der Waals surface area contributed by atoms with Crippen LogP contribution < -0.4 is 5.32 Å². The Kier molecular flexibility index (Phi) is 4.76. The summed E-state index contributed by atoms with van der Waals surface area (Å²) in [6.45, 7) is 0. The van der Waals surface area contributed by atoms with Crippen LogP contribution in [0.3, 0.4) is 0 Å². The topological polar surface area (TPSA) is 67.8 Å². The predicted molar refractivity (Wildman–Crippen MR) is 88.1 cm³/mol. The second kappa shape index (κ2) is 7.02. The number of aliphatic imine (C=N–C) groups is 1.